The number of amides is 1. The summed E-state index contributed by atoms with van der Waals surface area (Å²) in [4.78, 5) is 26.6. The standard InChI is InChI=1S/C12H13BrN2O4/c1-2-3-19-7-10(12(17)18)15-11(16)8-4-9(13)6-14-5-8/h2,4-6,10H,1,3,7H2,(H,15,16)(H,17,18). The van der Waals surface area contributed by atoms with E-state index < -0.39 is 17.9 Å². The second-order valence-corrected chi connectivity index (χ2v) is 4.50. The van der Waals surface area contributed by atoms with Gasteiger partial charge in [0.1, 0.15) is 0 Å². The first-order chi connectivity index (χ1) is 9.04. The number of carboxylic acid groups (broad SMARTS) is 1. The molecule has 1 unspecified atom stereocenters. The molecule has 0 spiro atoms. The SMILES string of the molecule is C=CCOCC(NC(=O)c1cncc(Br)c1)C(=O)O. The van der Waals surface area contributed by atoms with Crippen LogP contribution in [-0.4, -0.2) is 41.2 Å². The normalized spacial score (nSPS) is 11.6. The number of ether oxygens (including phenoxy) is 1. The highest BCUT2D eigenvalue weighted by Crippen LogP contribution is 2.09. The molecule has 1 atom stereocenters. The van der Waals surface area contributed by atoms with Crippen molar-refractivity contribution in [1.82, 2.24) is 10.3 Å². The van der Waals surface area contributed by atoms with Crippen molar-refractivity contribution < 1.29 is 19.4 Å². The van der Waals surface area contributed by atoms with Gasteiger partial charge in [-0.2, -0.15) is 0 Å². The van der Waals surface area contributed by atoms with Gasteiger partial charge in [-0.3, -0.25) is 9.78 Å². The molecule has 19 heavy (non-hydrogen) atoms. The topological polar surface area (TPSA) is 88.5 Å². The molecule has 6 nitrogen and oxygen atoms in total. The van der Waals surface area contributed by atoms with Gasteiger partial charge in [0.2, 0.25) is 0 Å². The van der Waals surface area contributed by atoms with Crippen molar-refractivity contribution in [2.75, 3.05) is 13.2 Å². The summed E-state index contributed by atoms with van der Waals surface area (Å²) >= 11 is 3.18. The highest BCUT2D eigenvalue weighted by Gasteiger charge is 2.21. The fourth-order valence-electron chi connectivity index (χ4n) is 1.22. The van der Waals surface area contributed by atoms with Gasteiger partial charge in [0.15, 0.2) is 6.04 Å². The molecular weight excluding hydrogens is 316 g/mol. The van der Waals surface area contributed by atoms with Crippen molar-refractivity contribution in [1.29, 1.82) is 0 Å². The molecule has 0 saturated carbocycles. The number of hydrogen-bond donors (Lipinski definition) is 2. The molecular formula is C12H13BrN2O4. The summed E-state index contributed by atoms with van der Waals surface area (Å²) in [7, 11) is 0. The van der Waals surface area contributed by atoms with Gasteiger partial charge >= 0.3 is 5.97 Å². The average molecular weight is 329 g/mol. The molecule has 0 aromatic carbocycles. The molecule has 0 aliphatic rings. The molecule has 1 amide bonds. The molecule has 2 N–H and O–H groups in total. The molecule has 1 heterocycles. The van der Waals surface area contributed by atoms with E-state index in [1.54, 1.807) is 6.07 Å². The van der Waals surface area contributed by atoms with Crippen LogP contribution in [0.15, 0.2) is 35.6 Å². The Morgan fingerprint density at radius 2 is 2.32 bits per heavy atom. The van der Waals surface area contributed by atoms with Gasteiger partial charge in [0, 0.05) is 16.9 Å². The molecule has 1 aromatic heterocycles. The summed E-state index contributed by atoms with van der Waals surface area (Å²) in [6.45, 7) is 3.54. The maximum atomic E-state index is 11.8. The van der Waals surface area contributed by atoms with Gasteiger partial charge in [-0.15, -0.1) is 6.58 Å². The summed E-state index contributed by atoms with van der Waals surface area (Å²) in [5.41, 5.74) is 0.268. The molecule has 0 fully saturated rings. The Morgan fingerprint density at radius 3 is 2.89 bits per heavy atom. The summed E-state index contributed by atoms with van der Waals surface area (Å²) < 4.78 is 5.66. The predicted octanol–water partition coefficient (Wildman–Crippen LogP) is 1.23. The highest BCUT2D eigenvalue weighted by molar-refractivity contribution is 9.10. The molecule has 1 aromatic rings. The zero-order valence-electron chi connectivity index (χ0n) is 10.0. The number of rotatable bonds is 7. The maximum Gasteiger partial charge on any atom is 0.328 e. The van der Waals surface area contributed by atoms with E-state index in [1.807, 2.05) is 0 Å². The largest absolute Gasteiger partial charge is 0.480 e. The molecule has 102 valence electrons. The van der Waals surface area contributed by atoms with E-state index in [2.05, 4.69) is 32.8 Å². The van der Waals surface area contributed by atoms with Crippen LogP contribution in [0.1, 0.15) is 10.4 Å². The minimum absolute atomic E-state index is 0.130. The van der Waals surface area contributed by atoms with Gasteiger partial charge in [-0.25, -0.2) is 4.79 Å². The molecule has 0 saturated heterocycles. The zero-order chi connectivity index (χ0) is 14.3. The van der Waals surface area contributed by atoms with E-state index >= 15 is 0 Å². The Bertz CT molecular complexity index is 479. The molecule has 0 aliphatic heterocycles. The first kappa shape index (κ1) is 15.3. The van der Waals surface area contributed by atoms with Crippen molar-refractivity contribution in [2.45, 2.75) is 6.04 Å². The third-order valence-corrected chi connectivity index (χ3v) is 2.52. The van der Waals surface area contributed by atoms with Crippen LogP contribution in [0.4, 0.5) is 0 Å². The molecule has 0 radical (unpaired) electrons. The average Bonchev–Trinajstić information content (AvgIpc) is 2.37. The van der Waals surface area contributed by atoms with Crippen LogP contribution >= 0.6 is 15.9 Å². The number of hydrogen-bond acceptors (Lipinski definition) is 4. The van der Waals surface area contributed by atoms with E-state index in [4.69, 9.17) is 9.84 Å². The Balaban J connectivity index is 2.65. The lowest BCUT2D eigenvalue weighted by atomic mass is 10.2. The second-order valence-electron chi connectivity index (χ2n) is 3.58. The zero-order valence-corrected chi connectivity index (χ0v) is 11.6. The highest BCUT2D eigenvalue weighted by atomic mass is 79.9. The molecule has 0 bridgehead atoms. The van der Waals surface area contributed by atoms with Gasteiger partial charge in [-0.1, -0.05) is 6.08 Å². The van der Waals surface area contributed by atoms with E-state index in [-0.39, 0.29) is 18.8 Å². The Morgan fingerprint density at radius 1 is 1.58 bits per heavy atom. The first-order valence-corrected chi connectivity index (χ1v) is 6.16. The number of carbonyl (C=O) groups is 2. The van der Waals surface area contributed by atoms with Crippen molar-refractivity contribution in [3.8, 4) is 0 Å². The fourth-order valence-corrected chi connectivity index (χ4v) is 1.59. The van der Waals surface area contributed by atoms with Crippen LogP contribution in [0.2, 0.25) is 0 Å². The van der Waals surface area contributed by atoms with Crippen LogP contribution in [0, 0.1) is 0 Å². The minimum atomic E-state index is -1.17. The van der Waals surface area contributed by atoms with Crippen LogP contribution in [0.25, 0.3) is 0 Å². The van der Waals surface area contributed by atoms with Crippen LogP contribution in [0.3, 0.4) is 0 Å². The van der Waals surface area contributed by atoms with Crippen LogP contribution in [-0.2, 0) is 9.53 Å². The lowest BCUT2D eigenvalue weighted by Crippen LogP contribution is -2.44. The van der Waals surface area contributed by atoms with Gasteiger partial charge < -0.3 is 15.2 Å². The van der Waals surface area contributed by atoms with Crippen molar-refractivity contribution >= 4 is 27.8 Å². The summed E-state index contributed by atoms with van der Waals surface area (Å²) in [6.07, 6.45) is 4.38. The van der Waals surface area contributed by atoms with Crippen molar-refractivity contribution in [2.24, 2.45) is 0 Å². The second kappa shape index (κ2) is 7.65. The Labute approximate surface area is 118 Å². The van der Waals surface area contributed by atoms with E-state index in [0.717, 1.165) is 0 Å². The smallest absolute Gasteiger partial charge is 0.328 e. The Kier molecular flexibility index (Phi) is 6.17. The number of pyridine rings is 1. The predicted molar refractivity (Wildman–Crippen MR) is 71.8 cm³/mol. The van der Waals surface area contributed by atoms with E-state index in [9.17, 15) is 9.59 Å². The number of aromatic nitrogens is 1. The quantitative estimate of drug-likeness (QED) is 0.580. The minimum Gasteiger partial charge on any atom is -0.480 e. The van der Waals surface area contributed by atoms with Gasteiger partial charge in [-0.05, 0) is 22.0 Å². The summed E-state index contributed by atoms with van der Waals surface area (Å²) in [6, 6.07) is 0.428. The number of halogens is 1. The first-order valence-electron chi connectivity index (χ1n) is 5.37. The van der Waals surface area contributed by atoms with Crippen LogP contribution < -0.4 is 5.32 Å². The summed E-state index contributed by atoms with van der Waals surface area (Å²) in [5.74, 6) is -1.69. The van der Waals surface area contributed by atoms with E-state index in [1.165, 1.54) is 18.5 Å². The van der Waals surface area contributed by atoms with E-state index in [0.29, 0.717) is 4.47 Å². The fraction of sp³-hybridized carbons (Fsp3) is 0.250. The molecule has 7 heteroatoms. The number of carbonyl (C=O) groups excluding carboxylic acids is 1. The van der Waals surface area contributed by atoms with Crippen LogP contribution in [0.5, 0.6) is 0 Å². The molecule has 0 aliphatic carbocycles. The van der Waals surface area contributed by atoms with Crippen molar-refractivity contribution in [3.05, 3.63) is 41.2 Å². The summed E-state index contributed by atoms with van der Waals surface area (Å²) in [5, 5.41) is 11.3. The number of carboxylic acids is 1. The Hall–Kier alpha value is -1.73. The lowest BCUT2D eigenvalue weighted by molar-refractivity contribution is -0.140. The monoisotopic (exact) mass is 328 g/mol. The van der Waals surface area contributed by atoms with Gasteiger partial charge in [0.25, 0.3) is 5.91 Å². The number of nitrogens with zero attached hydrogens (tertiary/aromatic N) is 1. The number of nitrogens with one attached hydrogen (secondary N) is 1. The van der Waals surface area contributed by atoms with Crippen molar-refractivity contribution in [3.63, 3.8) is 0 Å². The molecule has 1 rings (SSSR count). The lowest BCUT2D eigenvalue weighted by Gasteiger charge is -2.14. The number of aliphatic carboxylic acids is 1. The maximum absolute atomic E-state index is 11.8. The third kappa shape index (κ3) is 5.19. The third-order valence-electron chi connectivity index (χ3n) is 2.09. The van der Waals surface area contributed by atoms with Gasteiger partial charge in [0.05, 0.1) is 18.8 Å².